The van der Waals surface area contributed by atoms with Crippen molar-refractivity contribution in [2.75, 3.05) is 0 Å². The van der Waals surface area contributed by atoms with Gasteiger partial charge in [-0.25, -0.2) is 4.99 Å². The van der Waals surface area contributed by atoms with Gasteiger partial charge >= 0.3 is 0 Å². The Morgan fingerprint density at radius 2 is 1.71 bits per heavy atom. The SMILES string of the molecule is O=C(Cc1ccccc1)NN1C(=O)/C(=C\c2cccc(O)c2)SC1=Nc1ccccc1. The lowest BCUT2D eigenvalue weighted by Crippen LogP contribution is -2.46. The lowest BCUT2D eigenvalue weighted by atomic mass is 10.1. The fourth-order valence-electron chi connectivity index (χ4n) is 2.97. The molecule has 4 rings (SSSR count). The summed E-state index contributed by atoms with van der Waals surface area (Å²) in [5, 5.41) is 11.2. The minimum absolute atomic E-state index is 0.107. The van der Waals surface area contributed by atoms with Crippen molar-refractivity contribution in [3.8, 4) is 5.75 Å². The van der Waals surface area contributed by atoms with Crippen LogP contribution in [0.1, 0.15) is 11.1 Å². The van der Waals surface area contributed by atoms with Gasteiger partial charge in [0.25, 0.3) is 5.91 Å². The van der Waals surface area contributed by atoms with E-state index in [0.29, 0.717) is 21.3 Å². The van der Waals surface area contributed by atoms with Gasteiger partial charge in [-0.1, -0.05) is 60.7 Å². The molecule has 3 aromatic rings. The number of carbonyl (C=O) groups excluding carboxylic acids is 2. The Balaban J connectivity index is 1.61. The largest absolute Gasteiger partial charge is 0.508 e. The molecule has 1 heterocycles. The molecule has 1 aliphatic heterocycles. The molecule has 7 heteroatoms. The van der Waals surface area contributed by atoms with E-state index in [2.05, 4.69) is 10.4 Å². The Labute approximate surface area is 183 Å². The summed E-state index contributed by atoms with van der Waals surface area (Å²) in [6.45, 7) is 0. The number of thioether (sulfide) groups is 1. The molecule has 0 spiro atoms. The fraction of sp³-hybridized carbons (Fsp3) is 0.0417. The highest BCUT2D eigenvalue weighted by molar-refractivity contribution is 8.18. The van der Waals surface area contributed by atoms with E-state index in [1.807, 2.05) is 60.7 Å². The summed E-state index contributed by atoms with van der Waals surface area (Å²) in [5.41, 5.74) is 4.86. The van der Waals surface area contributed by atoms with Crippen molar-refractivity contribution in [2.45, 2.75) is 6.42 Å². The number of aromatic hydroxyl groups is 1. The second-order valence-electron chi connectivity index (χ2n) is 6.77. The van der Waals surface area contributed by atoms with Crippen LogP contribution in [0.3, 0.4) is 0 Å². The van der Waals surface area contributed by atoms with E-state index in [9.17, 15) is 14.7 Å². The maximum atomic E-state index is 13.1. The highest BCUT2D eigenvalue weighted by atomic mass is 32.2. The molecule has 0 atom stereocenters. The molecule has 2 N–H and O–H groups in total. The quantitative estimate of drug-likeness (QED) is 0.594. The molecule has 0 unspecified atom stereocenters. The predicted octanol–water partition coefficient (Wildman–Crippen LogP) is 4.27. The summed E-state index contributed by atoms with van der Waals surface area (Å²) in [4.78, 5) is 30.6. The van der Waals surface area contributed by atoms with Crippen LogP contribution in [0.5, 0.6) is 5.75 Å². The number of nitrogens with one attached hydrogen (secondary N) is 1. The highest BCUT2D eigenvalue weighted by Gasteiger charge is 2.35. The Kier molecular flexibility index (Phi) is 6.14. The van der Waals surface area contributed by atoms with E-state index < -0.39 is 0 Å². The normalized spacial score (nSPS) is 16.1. The van der Waals surface area contributed by atoms with Crippen LogP contribution in [-0.4, -0.2) is 27.1 Å². The number of phenols is 1. The Hall–Kier alpha value is -3.84. The molecule has 6 nitrogen and oxygen atoms in total. The van der Waals surface area contributed by atoms with Crippen molar-refractivity contribution in [3.63, 3.8) is 0 Å². The molecule has 1 fully saturated rings. The summed E-state index contributed by atoms with van der Waals surface area (Å²) < 4.78 is 0. The first-order chi connectivity index (χ1) is 15.1. The number of para-hydroxylation sites is 1. The summed E-state index contributed by atoms with van der Waals surface area (Å²) in [7, 11) is 0. The van der Waals surface area contributed by atoms with Gasteiger partial charge in [0.05, 0.1) is 17.0 Å². The molecule has 1 aliphatic rings. The number of nitrogens with zero attached hydrogens (tertiary/aromatic N) is 2. The Bertz CT molecular complexity index is 1160. The van der Waals surface area contributed by atoms with Crippen LogP contribution in [0, 0.1) is 0 Å². The zero-order valence-corrected chi connectivity index (χ0v) is 17.3. The number of carbonyl (C=O) groups is 2. The van der Waals surface area contributed by atoms with E-state index in [-0.39, 0.29) is 24.0 Å². The molecule has 154 valence electrons. The third-order valence-electron chi connectivity index (χ3n) is 4.40. The molecule has 0 aliphatic carbocycles. The minimum atomic E-state index is -0.385. The monoisotopic (exact) mass is 429 g/mol. The van der Waals surface area contributed by atoms with Gasteiger partial charge in [-0.2, -0.15) is 5.01 Å². The summed E-state index contributed by atoms with van der Waals surface area (Å²) in [5.74, 6) is -0.597. The molecule has 3 aromatic carbocycles. The average molecular weight is 430 g/mol. The van der Waals surface area contributed by atoms with Gasteiger partial charge in [-0.15, -0.1) is 0 Å². The second-order valence-corrected chi connectivity index (χ2v) is 7.78. The number of amidine groups is 1. The highest BCUT2D eigenvalue weighted by Crippen LogP contribution is 2.33. The predicted molar refractivity (Wildman–Crippen MR) is 122 cm³/mol. The van der Waals surface area contributed by atoms with Crippen molar-refractivity contribution in [2.24, 2.45) is 4.99 Å². The Morgan fingerprint density at radius 3 is 2.42 bits per heavy atom. The molecular weight excluding hydrogens is 410 g/mol. The summed E-state index contributed by atoms with van der Waals surface area (Å²) >= 11 is 1.16. The van der Waals surface area contributed by atoms with Crippen molar-refractivity contribution in [1.29, 1.82) is 0 Å². The van der Waals surface area contributed by atoms with Crippen LogP contribution in [0.2, 0.25) is 0 Å². The molecule has 0 bridgehead atoms. The minimum Gasteiger partial charge on any atom is -0.508 e. The van der Waals surface area contributed by atoms with Crippen LogP contribution >= 0.6 is 11.8 Å². The number of hydrazine groups is 1. The van der Waals surface area contributed by atoms with Gasteiger partial charge < -0.3 is 5.11 Å². The first kappa shape index (κ1) is 20.4. The molecule has 0 aromatic heterocycles. The van der Waals surface area contributed by atoms with Gasteiger partial charge in [0.1, 0.15) is 5.75 Å². The van der Waals surface area contributed by atoms with Crippen LogP contribution < -0.4 is 5.43 Å². The smallest absolute Gasteiger partial charge is 0.285 e. The van der Waals surface area contributed by atoms with E-state index in [4.69, 9.17) is 0 Å². The molecule has 0 saturated carbocycles. The zero-order chi connectivity index (χ0) is 21.6. The van der Waals surface area contributed by atoms with Crippen LogP contribution in [-0.2, 0) is 16.0 Å². The number of hydrogen-bond acceptors (Lipinski definition) is 5. The van der Waals surface area contributed by atoms with Gasteiger partial charge in [0.2, 0.25) is 5.91 Å². The molecule has 31 heavy (non-hydrogen) atoms. The number of aliphatic imine (C=N–C) groups is 1. The number of phenolic OH excluding ortho intramolecular Hbond substituents is 1. The average Bonchev–Trinajstić information content (AvgIpc) is 3.04. The third-order valence-corrected chi connectivity index (χ3v) is 5.37. The lowest BCUT2D eigenvalue weighted by Gasteiger charge is -2.16. The van der Waals surface area contributed by atoms with Gasteiger partial charge in [-0.3, -0.25) is 15.0 Å². The van der Waals surface area contributed by atoms with Crippen molar-refractivity contribution in [1.82, 2.24) is 10.4 Å². The maximum absolute atomic E-state index is 13.1. The first-order valence-electron chi connectivity index (χ1n) is 9.59. The van der Waals surface area contributed by atoms with Gasteiger partial charge in [-0.05, 0) is 53.2 Å². The number of rotatable bonds is 5. The molecule has 0 radical (unpaired) electrons. The number of hydrogen-bond donors (Lipinski definition) is 2. The van der Waals surface area contributed by atoms with E-state index in [1.54, 1.807) is 30.3 Å². The lowest BCUT2D eigenvalue weighted by molar-refractivity contribution is -0.132. The standard InChI is InChI=1S/C24H19N3O3S/c28-20-13-7-10-18(14-20)15-21-23(30)27(24(31-21)25-19-11-5-2-6-12-19)26-22(29)16-17-8-3-1-4-9-17/h1-15,28H,16H2,(H,26,29)/b21-15+,25-24?. The zero-order valence-electron chi connectivity index (χ0n) is 16.4. The van der Waals surface area contributed by atoms with Crippen LogP contribution in [0.4, 0.5) is 5.69 Å². The fourth-order valence-corrected chi connectivity index (χ4v) is 3.91. The second kappa shape index (κ2) is 9.32. The van der Waals surface area contributed by atoms with Crippen LogP contribution in [0.25, 0.3) is 6.08 Å². The van der Waals surface area contributed by atoms with E-state index in [0.717, 1.165) is 17.3 Å². The molecular formula is C24H19N3O3S. The molecule has 1 saturated heterocycles. The van der Waals surface area contributed by atoms with Crippen molar-refractivity contribution in [3.05, 3.63) is 101 Å². The van der Waals surface area contributed by atoms with Crippen molar-refractivity contribution < 1.29 is 14.7 Å². The topological polar surface area (TPSA) is 82.0 Å². The summed E-state index contributed by atoms with van der Waals surface area (Å²) in [6.07, 6.45) is 1.80. The van der Waals surface area contributed by atoms with E-state index in [1.165, 1.54) is 5.01 Å². The van der Waals surface area contributed by atoms with Crippen molar-refractivity contribution >= 4 is 40.5 Å². The maximum Gasteiger partial charge on any atom is 0.285 e. The summed E-state index contributed by atoms with van der Waals surface area (Å²) in [6, 6.07) is 25.1. The number of benzene rings is 3. The third kappa shape index (κ3) is 5.21. The van der Waals surface area contributed by atoms with E-state index >= 15 is 0 Å². The number of amides is 2. The van der Waals surface area contributed by atoms with Gasteiger partial charge in [0, 0.05) is 0 Å². The Morgan fingerprint density at radius 1 is 1.00 bits per heavy atom. The molecule has 2 amide bonds. The van der Waals surface area contributed by atoms with Crippen LogP contribution in [0.15, 0.2) is 94.8 Å². The first-order valence-corrected chi connectivity index (χ1v) is 10.4. The van der Waals surface area contributed by atoms with Gasteiger partial charge in [0.15, 0.2) is 5.17 Å².